The van der Waals surface area contributed by atoms with E-state index >= 15 is 0 Å². The molecule has 2 aromatic carbocycles. The second kappa shape index (κ2) is 5.06. The maximum Gasteiger partial charge on any atom is 0.195 e. The van der Waals surface area contributed by atoms with Gasteiger partial charge in [-0.15, -0.1) is 11.3 Å². The molecule has 0 aliphatic carbocycles. The van der Waals surface area contributed by atoms with Crippen molar-refractivity contribution in [3.8, 4) is 6.07 Å². The van der Waals surface area contributed by atoms with Gasteiger partial charge < -0.3 is 5.32 Å². The molecule has 0 spiro atoms. The first-order valence-electron chi connectivity index (χ1n) is 6.61. The molecule has 0 amide bonds. The molecule has 2 heterocycles. The SMILES string of the molecule is N#Cc1nc2ccc3ncnc(Nc4ccccc4)c3c2s1. The quantitative estimate of drug-likeness (QED) is 0.608. The van der Waals surface area contributed by atoms with Crippen LogP contribution in [0.5, 0.6) is 0 Å². The molecule has 0 fully saturated rings. The number of aromatic nitrogens is 3. The maximum absolute atomic E-state index is 9.07. The van der Waals surface area contributed by atoms with Gasteiger partial charge in [-0.05, 0) is 24.3 Å². The van der Waals surface area contributed by atoms with E-state index in [-0.39, 0.29) is 0 Å². The van der Waals surface area contributed by atoms with E-state index in [1.807, 2.05) is 42.5 Å². The van der Waals surface area contributed by atoms with Gasteiger partial charge in [-0.3, -0.25) is 0 Å². The molecule has 4 aromatic rings. The Morgan fingerprint density at radius 2 is 1.82 bits per heavy atom. The third-order valence-corrected chi connectivity index (χ3v) is 4.28. The van der Waals surface area contributed by atoms with Gasteiger partial charge in [0.15, 0.2) is 5.01 Å². The Kier molecular flexibility index (Phi) is 2.92. The Morgan fingerprint density at radius 3 is 2.64 bits per heavy atom. The molecule has 5 nitrogen and oxygen atoms in total. The zero-order valence-corrected chi connectivity index (χ0v) is 12.1. The fourth-order valence-corrected chi connectivity index (χ4v) is 3.24. The Balaban J connectivity index is 1.98. The van der Waals surface area contributed by atoms with E-state index < -0.39 is 0 Å². The predicted molar refractivity (Wildman–Crippen MR) is 87.2 cm³/mol. The second-order valence-electron chi connectivity index (χ2n) is 4.65. The lowest BCUT2D eigenvalue weighted by Crippen LogP contribution is -1.95. The highest BCUT2D eigenvalue weighted by Crippen LogP contribution is 2.33. The first-order valence-corrected chi connectivity index (χ1v) is 7.43. The van der Waals surface area contributed by atoms with Crippen molar-refractivity contribution in [2.24, 2.45) is 0 Å². The van der Waals surface area contributed by atoms with Crippen molar-refractivity contribution in [1.29, 1.82) is 5.26 Å². The van der Waals surface area contributed by atoms with Crippen molar-refractivity contribution in [3.05, 3.63) is 53.8 Å². The number of nitrogens with zero attached hydrogens (tertiary/aromatic N) is 4. The molecule has 0 atom stereocenters. The first-order chi connectivity index (χ1) is 10.8. The fourth-order valence-electron chi connectivity index (χ4n) is 2.33. The largest absolute Gasteiger partial charge is 0.340 e. The van der Waals surface area contributed by atoms with Crippen LogP contribution in [-0.4, -0.2) is 15.0 Å². The van der Waals surface area contributed by atoms with Crippen molar-refractivity contribution in [3.63, 3.8) is 0 Å². The van der Waals surface area contributed by atoms with Gasteiger partial charge in [0.25, 0.3) is 0 Å². The molecule has 6 heteroatoms. The summed E-state index contributed by atoms with van der Waals surface area (Å²) in [6, 6.07) is 15.7. The highest BCUT2D eigenvalue weighted by Gasteiger charge is 2.12. The summed E-state index contributed by atoms with van der Waals surface area (Å²) in [6.45, 7) is 0. The number of thiazole rings is 1. The summed E-state index contributed by atoms with van der Waals surface area (Å²) in [5, 5.41) is 13.7. The molecule has 104 valence electrons. The van der Waals surface area contributed by atoms with Crippen molar-refractivity contribution in [2.45, 2.75) is 0 Å². The van der Waals surface area contributed by atoms with Crippen LogP contribution in [0.3, 0.4) is 0 Å². The topological polar surface area (TPSA) is 74.5 Å². The number of rotatable bonds is 2. The number of fused-ring (bicyclic) bond motifs is 3. The predicted octanol–water partition coefficient (Wildman–Crippen LogP) is 3.85. The number of hydrogen-bond donors (Lipinski definition) is 1. The standard InChI is InChI=1S/C16H9N5S/c17-8-13-21-12-7-6-11-14(15(12)22-13)16(19-9-18-11)20-10-4-2-1-3-5-10/h1-7,9H,(H,18,19,20). The van der Waals surface area contributed by atoms with E-state index in [1.54, 1.807) is 0 Å². The molecule has 0 aliphatic heterocycles. The van der Waals surface area contributed by atoms with E-state index in [9.17, 15) is 0 Å². The smallest absolute Gasteiger partial charge is 0.195 e. The van der Waals surface area contributed by atoms with Crippen LogP contribution in [0.15, 0.2) is 48.8 Å². The van der Waals surface area contributed by atoms with Crippen LogP contribution < -0.4 is 5.32 Å². The first kappa shape index (κ1) is 12.7. The lowest BCUT2D eigenvalue weighted by molar-refractivity contribution is 1.22. The van der Waals surface area contributed by atoms with Crippen LogP contribution in [0.25, 0.3) is 21.1 Å². The van der Waals surface area contributed by atoms with Crippen LogP contribution in [0.1, 0.15) is 5.01 Å². The molecular formula is C16H9N5S. The number of para-hydroxylation sites is 1. The van der Waals surface area contributed by atoms with Gasteiger partial charge in [0.05, 0.1) is 21.1 Å². The third kappa shape index (κ3) is 2.05. The zero-order chi connectivity index (χ0) is 14.9. The summed E-state index contributed by atoms with van der Waals surface area (Å²) in [4.78, 5) is 13.0. The fraction of sp³-hybridized carbons (Fsp3) is 0. The Morgan fingerprint density at radius 1 is 1.00 bits per heavy atom. The Hall–Kier alpha value is -3.04. The minimum atomic E-state index is 0.442. The molecule has 0 aliphatic rings. The van der Waals surface area contributed by atoms with Crippen molar-refractivity contribution in [2.75, 3.05) is 5.32 Å². The Bertz CT molecular complexity index is 1020. The molecule has 22 heavy (non-hydrogen) atoms. The minimum absolute atomic E-state index is 0.442. The van der Waals surface area contributed by atoms with Gasteiger partial charge in [-0.2, -0.15) is 5.26 Å². The average molecular weight is 303 g/mol. The molecule has 0 radical (unpaired) electrons. The van der Waals surface area contributed by atoms with Crippen LogP contribution in [0.2, 0.25) is 0 Å². The lowest BCUT2D eigenvalue weighted by Gasteiger charge is -2.08. The van der Waals surface area contributed by atoms with Gasteiger partial charge in [0.1, 0.15) is 18.2 Å². The number of hydrogen-bond acceptors (Lipinski definition) is 6. The highest BCUT2D eigenvalue weighted by atomic mass is 32.1. The number of nitrogens with one attached hydrogen (secondary N) is 1. The molecule has 0 saturated heterocycles. The van der Waals surface area contributed by atoms with Gasteiger partial charge >= 0.3 is 0 Å². The number of anilines is 2. The van der Waals surface area contributed by atoms with Crippen LogP contribution in [0, 0.1) is 11.3 Å². The van der Waals surface area contributed by atoms with Gasteiger partial charge in [-0.1, -0.05) is 18.2 Å². The van der Waals surface area contributed by atoms with Crippen molar-refractivity contribution in [1.82, 2.24) is 15.0 Å². The summed E-state index contributed by atoms with van der Waals surface area (Å²) >= 11 is 1.36. The van der Waals surface area contributed by atoms with E-state index in [1.165, 1.54) is 17.7 Å². The maximum atomic E-state index is 9.07. The molecular weight excluding hydrogens is 294 g/mol. The van der Waals surface area contributed by atoms with Gasteiger partial charge in [0, 0.05) is 5.69 Å². The average Bonchev–Trinajstić information content (AvgIpc) is 2.99. The number of nitriles is 1. The summed E-state index contributed by atoms with van der Waals surface area (Å²) < 4.78 is 0.924. The van der Waals surface area contributed by atoms with Gasteiger partial charge in [0.2, 0.25) is 0 Å². The summed E-state index contributed by atoms with van der Waals surface area (Å²) in [5.41, 5.74) is 2.57. The second-order valence-corrected chi connectivity index (χ2v) is 5.65. The van der Waals surface area contributed by atoms with E-state index in [0.717, 1.165) is 32.6 Å². The minimum Gasteiger partial charge on any atom is -0.340 e. The third-order valence-electron chi connectivity index (χ3n) is 3.29. The normalized spacial score (nSPS) is 10.7. The summed E-state index contributed by atoms with van der Waals surface area (Å²) in [5.74, 6) is 0.718. The van der Waals surface area contributed by atoms with E-state index in [0.29, 0.717) is 5.01 Å². The molecule has 0 saturated carbocycles. The molecule has 1 N–H and O–H groups in total. The number of benzene rings is 2. The van der Waals surface area contributed by atoms with Crippen LogP contribution in [0.4, 0.5) is 11.5 Å². The van der Waals surface area contributed by atoms with Crippen LogP contribution in [-0.2, 0) is 0 Å². The lowest BCUT2D eigenvalue weighted by atomic mass is 10.2. The van der Waals surface area contributed by atoms with Gasteiger partial charge in [-0.25, -0.2) is 15.0 Å². The van der Waals surface area contributed by atoms with E-state index in [2.05, 4.69) is 26.3 Å². The summed E-state index contributed by atoms with van der Waals surface area (Å²) in [7, 11) is 0. The molecule has 0 bridgehead atoms. The molecule has 0 unspecified atom stereocenters. The van der Waals surface area contributed by atoms with Crippen LogP contribution >= 0.6 is 11.3 Å². The molecule has 2 aromatic heterocycles. The van der Waals surface area contributed by atoms with E-state index in [4.69, 9.17) is 5.26 Å². The van der Waals surface area contributed by atoms with Crippen molar-refractivity contribution < 1.29 is 0 Å². The highest BCUT2D eigenvalue weighted by molar-refractivity contribution is 7.20. The monoisotopic (exact) mass is 303 g/mol. The zero-order valence-electron chi connectivity index (χ0n) is 11.3. The Labute approximate surface area is 129 Å². The summed E-state index contributed by atoms with van der Waals surface area (Å²) in [6.07, 6.45) is 1.53. The molecule has 4 rings (SSSR count). The van der Waals surface area contributed by atoms with Crippen molar-refractivity contribution >= 4 is 44.0 Å².